The van der Waals surface area contributed by atoms with Crippen molar-refractivity contribution in [2.75, 3.05) is 11.1 Å². The summed E-state index contributed by atoms with van der Waals surface area (Å²) in [6, 6.07) is 6.55. The van der Waals surface area contributed by atoms with Crippen molar-refractivity contribution in [3.63, 3.8) is 0 Å². The van der Waals surface area contributed by atoms with Gasteiger partial charge in [0.25, 0.3) is 0 Å². The van der Waals surface area contributed by atoms with E-state index in [1.54, 1.807) is 24.3 Å². The zero-order valence-corrected chi connectivity index (χ0v) is 10.8. The smallest absolute Gasteiger partial charge is 0.545 e. The van der Waals surface area contributed by atoms with E-state index in [-0.39, 0.29) is 29.6 Å². The molecule has 0 heterocycles. The van der Waals surface area contributed by atoms with Gasteiger partial charge in [0, 0.05) is 17.5 Å². The summed E-state index contributed by atoms with van der Waals surface area (Å²) >= 11 is 0. The van der Waals surface area contributed by atoms with Gasteiger partial charge < -0.3 is 21.0 Å². The molecule has 0 aromatic heterocycles. The van der Waals surface area contributed by atoms with Crippen LogP contribution in [0.15, 0.2) is 36.4 Å². The molecule has 1 rings (SSSR count). The maximum absolute atomic E-state index is 11.1. The molecule has 0 bridgehead atoms. The van der Waals surface area contributed by atoms with E-state index in [9.17, 15) is 14.7 Å². The molecule has 1 aromatic rings. The summed E-state index contributed by atoms with van der Waals surface area (Å²) < 4.78 is 0. The fourth-order valence-corrected chi connectivity index (χ4v) is 0.944. The molecule has 0 atom stereocenters. The maximum Gasteiger partial charge on any atom is 1.00 e. The third-order valence-corrected chi connectivity index (χ3v) is 1.52. The van der Waals surface area contributed by atoms with Crippen molar-refractivity contribution >= 4 is 23.3 Å². The number of hydrogen-bond donors (Lipinski definition) is 2. The fraction of sp³-hybridized carbons (Fsp3) is 0. The number of carboxylic acids is 1. The summed E-state index contributed by atoms with van der Waals surface area (Å²) in [7, 11) is 0. The Morgan fingerprint density at radius 2 is 2.00 bits per heavy atom. The molecule has 1 aromatic carbocycles. The van der Waals surface area contributed by atoms with E-state index >= 15 is 0 Å². The molecule has 0 fully saturated rings. The van der Waals surface area contributed by atoms with Crippen molar-refractivity contribution in [2.24, 2.45) is 0 Å². The van der Waals surface area contributed by atoms with Gasteiger partial charge in [-0.25, -0.2) is 0 Å². The van der Waals surface area contributed by atoms with Gasteiger partial charge >= 0.3 is 29.6 Å². The van der Waals surface area contributed by atoms with Gasteiger partial charge in [0.05, 0.1) is 5.97 Å². The second kappa shape index (κ2) is 7.05. The van der Waals surface area contributed by atoms with Gasteiger partial charge in [-0.2, -0.15) is 0 Å². The van der Waals surface area contributed by atoms with Gasteiger partial charge in [-0.1, -0.05) is 6.07 Å². The molecule has 6 heteroatoms. The molecule has 0 aliphatic heterocycles. The Bertz CT molecular complexity index is 418. The standard InChI is InChI=1S/C10H10N2O3.Na/c11-7-2-1-3-8(6-7)12-9(13)4-5-10(14)15;/h1-6H,11H2,(H,12,13)(H,14,15);/q;+1/p-1/b5-4-;. The number of nitrogen functional groups attached to an aromatic ring is 1. The summed E-state index contributed by atoms with van der Waals surface area (Å²) in [5.41, 5.74) is 6.50. The molecule has 5 nitrogen and oxygen atoms in total. The summed E-state index contributed by atoms with van der Waals surface area (Å²) in [5, 5.41) is 12.5. The van der Waals surface area contributed by atoms with Gasteiger partial charge in [0.15, 0.2) is 0 Å². The first-order valence-electron chi connectivity index (χ1n) is 4.13. The summed E-state index contributed by atoms with van der Waals surface area (Å²) in [6.45, 7) is 0. The SMILES string of the molecule is Nc1cccc(NC(=O)/C=C\C(=O)[O-])c1.[Na+]. The van der Waals surface area contributed by atoms with Crippen molar-refractivity contribution in [3.05, 3.63) is 36.4 Å². The molecular formula is C10H9N2NaO3. The maximum atomic E-state index is 11.1. The Hall–Kier alpha value is -1.30. The number of hydrogen-bond acceptors (Lipinski definition) is 4. The predicted octanol–water partition coefficient (Wildman–Crippen LogP) is -3.48. The van der Waals surface area contributed by atoms with Crippen molar-refractivity contribution in [3.8, 4) is 0 Å². The van der Waals surface area contributed by atoms with Crippen molar-refractivity contribution < 1.29 is 44.3 Å². The van der Waals surface area contributed by atoms with E-state index in [0.29, 0.717) is 17.5 Å². The number of carbonyl (C=O) groups excluding carboxylic acids is 2. The quantitative estimate of drug-likeness (QED) is 0.319. The van der Waals surface area contributed by atoms with Gasteiger partial charge in [-0.15, -0.1) is 0 Å². The Balaban J connectivity index is 0.00000225. The number of aliphatic carboxylic acids is 1. The van der Waals surface area contributed by atoms with E-state index < -0.39 is 11.9 Å². The van der Waals surface area contributed by atoms with Crippen LogP contribution in [0.3, 0.4) is 0 Å². The molecule has 0 unspecified atom stereocenters. The van der Waals surface area contributed by atoms with Crippen LogP contribution in [0.4, 0.5) is 11.4 Å². The van der Waals surface area contributed by atoms with Crippen molar-refractivity contribution in [1.82, 2.24) is 0 Å². The Morgan fingerprint density at radius 1 is 1.31 bits per heavy atom. The van der Waals surface area contributed by atoms with Crippen molar-refractivity contribution in [1.29, 1.82) is 0 Å². The van der Waals surface area contributed by atoms with Crippen molar-refractivity contribution in [2.45, 2.75) is 0 Å². The Kier molecular flexibility index (Phi) is 6.48. The normalized spacial score (nSPS) is 9.50. The number of nitrogens with two attached hydrogens (primary N) is 1. The van der Waals surface area contributed by atoms with Crippen LogP contribution in [0.25, 0.3) is 0 Å². The largest absolute Gasteiger partial charge is 1.00 e. The van der Waals surface area contributed by atoms with Crippen LogP contribution in [0.1, 0.15) is 0 Å². The zero-order valence-electron chi connectivity index (χ0n) is 8.77. The van der Waals surface area contributed by atoms with E-state index in [1.165, 1.54) is 0 Å². The monoisotopic (exact) mass is 228 g/mol. The second-order valence-corrected chi connectivity index (χ2v) is 2.77. The minimum absolute atomic E-state index is 0. The minimum atomic E-state index is -1.42. The number of anilines is 2. The minimum Gasteiger partial charge on any atom is -0.545 e. The summed E-state index contributed by atoms with van der Waals surface area (Å²) in [5.74, 6) is -1.97. The van der Waals surface area contributed by atoms with E-state index in [0.717, 1.165) is 6.08 Å². The van der Waals surface area contributed by atoms with Crippen LogP contribution in [-0.2, 0) is 9.59 Å². The molecule has 0 radical (unpaired) electrons. The van der Waals surface area contributed by atoms with Crippen LogP contribution in [0, 0.1) is 0 Å². The first-order chi connectivity index (χ1) is 7.08. The summed E-state index contributed by atoms with van der Waals surface area (Å²) in [4.78, 5) is 21.1. The number of carbonyl (C=O) groups is 2. The molecular weight excluding hydrogens is 219 g/mol. The number of rotatable bonds is 3. The first kappa shape index (κ1) is 14.7. The third kappa shape index (κ3) is 5.55. The molecule has 0 saturated carbocycles. The third-order valence-electron chi connectivity index (χ3n) is 1.52. The van der Waals surface area contributed by atoms with E-state index in [1.807, 2.05) is 0 Å². The van der Waals surface area contributed by atoms with Crippen LogP contribution < -0.4 is 45.7 Å². The number of amides is 1. The van der Waals surface area contributed by atoms with Crippen LogP contribution in [0.2, 0.25) is 0 Å². The molecule has 0 aliphatic carbocycles. The van der Waals surface area contributed by atoms with Gasteiger partial charge in [-0.3, -0.25) is 4.79 Å². The number of nitrogens with one attached hydrogen (secondary N) is 1. The second-order valence-electron chi connectivity index (χ2n) is 2.77. The first-order valence-corrected chi connectivity index (χ1v) is 4.13. The average Bonchev–Trinajstić information content (AvgIpc) is 2.15. The Morgan fingerprint density at radius 3 is 2.56 bits per heavy atom. The van der Waals surface area contributed by atoms with Crippen LogP contribution in [-0.4, -0.2) is 11.9 Å². The zero-order chi connectivity index (χ0) is 11.3. The topological polar surface area (TPSA) is 95.2 Å². The Labute approximate surface area is 115 Å². The van der Waals surface area contributed by atoms with E-state index in [4.69, 9.17) is 5.73 Å². The van der Waals surface area contributed by atoms with Crippen LogP contribution in [0.5, 0.6) is 0 Å². The number of carboxylic acid groups (broad SMARTS) is 1. The van der Waals surface area contributed by atoms with Gasteiger partial charge in [0.2, 0.25) is 5.91 Å². The fourth-order valence-electron chi connectivity index (χ4n) is 0.944. The average molecular weight is 228 g/mol. The molecule has 1 amide bonds. The van der Waals surface area contributed by atoms with Gasteiger partial charge in [0.1, 0.15) is 0 Å². The number of benzene rings is 1. The molecule has 0 spiro atoms. The van der Waals surface area contributed by atoms with Gasteiger partial charge in [-0.05, 0) is 24.3 Å². The molecule has 3 N–H and O–H groups in total. The molecule has 0 aliphatic rings. The van der Waals surface area contributed by atoms with Crippen LogP contribution >= 0.6 is 0 Å². The predicted molar refractivity (Wildman–Crippen MR) is 53.6 cm³/mol. The molecule has 16 heavy (non-hydrogen) atoms. The molecule has 0 saturated heterocycles. The van der Waals surface area contributed by atoms with E-state index in [2.05, 4.69) is 5.32 Å². The molecule has 78 valence electrons. The summed E-state index contributed by atoms with van der Waals surface area (Å²) in [6.07, 6.45) is 1.53.